The molecule has 0 spiro atoms. The Morgan fingerprint density at radius 3 is 2.30 bits per heavy atom. The third kappa shape index (κ3) is 4.78. The zero-order chi connectivity index (χ0) is 17.3. The molecule has 126 valence electrons. The van der Waals surface area contributed by atoms with Crippen molar-refractivity contribution < 1.29 is 8.42 Å². The SMILES string of the molecule is Cc1ccc(S(=O)(=O)N=S=C2C=C(N(C)C)CC(C)(C)C2)cc1. The lowest BCUT2D eigenvalue weighted by Gasteiger charge is -2.33. The van der Waals surface area contributed by atoms with Crippen LogP contribution in [0, 0.1) is 12.3 Å². The fraction of sp³-hybridized carbons (Fsp3) is 0.471. The van der Waals surface area contributed by atoms with Crippen molar-refractivity contribution in [2.75, 3.05) is 14.1 Å². The summed E-state index contributed by atoms with van der Waals surface area (Å²) >= 11 is 1.08. The van der Waals surface area contributed by atoms with Crippen LogP contribution in [0.3, 0.4) is 0 Å². The van der Waals surface area contributed by atoms with Gasteiger partial charge in [-0.3, -0.25) is 0 Å². The Balaban J connectivity index is 2.41. The van der Waals surface area contributed by atoms with E-state index in [4.69, 9.17) is 0 Å². The average molecular weight is 353 g/mol. The summed E-state index contributed by atoms with van der Waals surface area (Å²) in [6.07, 6.45) is 3.88. The molecule has 0 N–H and O–H groups in total. The van der Waals surface area contributed by atoms with E-state index in [1.165, 1.54) is 5.70 Å². The van der Waals surface area contributed by atoms with E-state index < -0.39 is 10.0 Å². The molecule has 0 fully saturated rings. The Hall–Kier alpha value is -1.40. The second kappa shape index (κ2) is 6.61. The van der Waals surface area contributed by atoms with Crippen LogP contribution in [-0.2, 0) is 21.2 Å². The molecule has 0 heterocycles. The maximum absolute atomic E-state index is 12.3. The molecule has 1 aromatic carbocycles. The van der Waals surface area contributed by atoms with E-state index in [1.54, 1.807) is 24.3 Å². The van der Waals surface area contributed by atoms with E-state index in [1.807, 2.05) is 21.0 Å². The van der Waals surface area contributed by atoms with Gasteiger partial charge in [0.05, 0.1) is 4.90 Å². The molecule has 0 atom stereocenters. The van der Waals surface area contributed by atoms with E-state index in [0.717, 1.165) is 34.4 Å². The molecule has 1 aliphatic carbocycles. The van der Waals surface area contributed by atoms with E-state index in [-0.39, 0.29) is 10.3 Å². The molecule has 0 saturated carbocycles. The molecule has 0 aromatic heterocycles. The number of benzene rings is 1. The first-order chi connectivity index (χ1) is 10.6. The van der Waals surface area contributed by atoms with Gasteiger partial charge >= 0.3 is 0 Å². The number of rotatable bonds is 3. The molecule has 0 unspecified atom stereocenters. The van der Waals surface area contributed by atoms with E-state index in [9.17, 15) is 8.42 Å². The molecule has 0 bridgehead atoms. The number of nitrogens with zero attached hydrogens (tertiary/aromatic N) is 2. The summed E-state index contributed by atoms with van der Waals surface area (Å²) in [5.41, 5.74) is 2.34. The van der Waals surface area contributed by atoms with Crippen molar-refractivity contribution in [3.8, 4) is 0 Å². The van der Waals surface area contributed by atoms with Crippen molar-refractivity contribution in [2.24, 2.45) is 9.18 Å². The van der Waals surface area contributed by atoms with Gasteiger partial charge in [0.1, 0.15) is 0 Å². The first-order valence-electron chi connectivity index (χ1n) is 7.54. The van der Waals surface area contributed by atoms with Crippen LogP contribution in [0.2, 0.25) is 0 Å². The van der Waals surface area contributed by atoms with Crippen molar-refractivity contribution in [1.29, 1.82) is 0 Å². The van der Waals surface area contributed by atoms with Gasteiger partial charge in [-0.15, -0.1) is 3.77 Å². The molecule has 0 amide bonds. The summed E-state index contributed by atoms with van der Waals surface area (Å²) in [6, 6.07) is 6.78. The Bertz CT molecular complexity index is 782. The minimum atomic E-state index is -3.63. The molecular weight excluding hydrogens is 328 g/mol. The minimum absolute atomic E-state index is 0.111. The van der Waals surface area contributed by atoms with Gasteiger partial charge in [0.25, 0.3) is 10.0 Å². The Kier molecular flexibility index (Phi) is 5.16. The van der Waals surface area contributed by atoms with Gasteiger partial charge in [0, 0.05) is 24.7 Å². The number of aryl methyl sites for hydroxylation is 1. The van der Waals surface area contributed by atoms with Crippen LogP contribution < -0.4 is 0 Å². The second-order valence-corrected chi connectivity index (χ2v) is 9.69. The topological polar surface area (TPSA) is 49.7 Å². The van der Waals surface area contributed by atoms with E-state index >= 15 is 0 Å². The normalized spacial score (nSPS) is 17.4. The van der Waals surface area contributed by atoms with Crippen LogP contribution in [0.25, 0.3) is 0 Å². The molecule has 6 heteroatoms. The summed E-state index contributed by atoms with van der Waals surface area (Å²) in [7, 11) is 0.392. The first kappa shape index (κ1) is 17.9. The van der Waals surface area contributed by atoms with Crippen LogP contribution in [0.5, 0.6) is 0 Å². The predicted molar refractivity (Wildman–Crippen MR) is 97.9 cm³/mol. The minimum Gasteiger partial charge on any atom is -0.381 e. The van der Waals surface area contributed by atoms with Crippen molar-refractivity contribution in [3.63, 3.8) is 0 Å². The maximum Gasteiger partial charge on any atom is 0.292 e. The molecular formula is C17H24N2O2S2. The molecule has 4 nitrogen and oxygen atoms in total. The maximum atomic E-state index is 12.3. The second-order valence-electron chi connectivity index (χ2n) is 6.97. The lowest BCUT2D eigenvalue weighted by Crippen LogP contribution is -2.27. The summed E-state index contributed by atoms with van der Waals surface area (Å²) in [5.74, 6) is 0. The highest BCUT2D eigenvalue weighted by Crippen LogP contribution is 2.34. The lowest BCUT2D eigenvalue weighted by atomic mass is 9.79. The fourth-order valence-electron chi connectivity index (χ4n) is 2.51. The van der Waals surface area contributed by atoms with Gasteiger partial charge in [0.2, 0.25) is 0 Å². The average Bonchev–Trinajstić information content (AvgIpc) is 2.44. The highest BCUT2D eigenvalue weighted by atomic mass is 32.2. The first-order valence-corrected chi connectivity index (χ1v) is 9.75. The van der Waals surface area contributed by atoms with Gasteiger partial charge in [0.15, 0.2) is 0 Å². The van der Waals surface area contributed by atoms with Crippen LogP contribution in [-0.4, -0.2) is 32.3 Å². The van der Waals surface area contributed by atoms with Gasteiger partial charge in [-0.2, -0.15) is 8.42 Å². The monoisotopic (exact) mass is 352 g/mol. The molecule has 0 saturated heterocycles. The van der Waals surface area contributed by atoms with E-state index in [0.29, 0.717) is 0 Å². The largest absolute Gasteiger partial charge is 0.381 e. The number of allylic oxidation sites excluding steroid dienone is 2. The highest BCUT2D eigenvalue weighted by molar-refractivity contribution is 7.95. The summed E-state index contributed by atoms with van der Waals surface area (Å²) < 4.78 is 28.6. The lowest BCUT2D eigenvalue weighted by molar-refractivity contribution is 0.328. The van der Waals surface area contributed by atoms with Crippen LogP contribution in [0.15, 0.2) is 44.7 Å². The Labute approximate surface area is 143 Å². The predicted octanol–water partition coefficient (Wildman–Crippen LogP) is 3.39. The summed E-state index contributed by atoms with van der Waals surface area (Å²) in [4.78, 5) is 3.30. The summed E-state index contributed by atoms with van der Waals surface area (Å²) in [5, 5.41) is 0. The number of hydrogen-bond acceptors (Lipinski definition) is 3. The molecule has 0 aliphatic heterocycles. The molecule has 0 radical (unpaired) electrons. The Morgan fingerprint density at radius 1 is 1.13 bits per heavy atom. The van der Waals surface area contributed by atoms with Gasteiger partial charge < -0.3 is 4.90 Å². The standard InChI is InChI=1S/C17H24N2O2S2/c1-13-6-8-16(9-7-13)23(20,21)18-22-15-10-14(19(4)5)11-17(2,3)12-15/h6-10H,11-12H2,1-5H3. The molecule has 23 heavy (non-hydrogen) atoms. The van der Waals surface area contributed by atoms with Crippen molar-refractivity contribution in [1.82, 2.24) is 4.90 Å². The zero-order valence-electron chi connectivity index (χ0n) is 14.3. The van der Waals surface area contributed by atoms with Crippen molar-refractivity contribution >= 4 is 26.0 Å². The fourth-order valence-corrected chi connectivity index (χ4v) is 4.75. The number of hydrogen-bond donors (Lipinski definition) is 0. The molecule has 1 aliphatic rings. The molecule has 2 rings (SSSR count). The van der Waals surface area contributed by atoms with Crippen molar-refractivity contribution in [3.05, 3.63) is 41.6 Å². The third-order valence-corrected chi connectivity index (χ3v) is 6.23. The summed E-state index contributed by atoms with van der Waals surface area (Å²) in [6.45, 7) is 6.31. The van der Waals surface area contributed by atoms with Gasteiger partial charge in [-0.05, 0) is 54.5 Å². The van der Waals surface area contributed by atoms with Crippen LogP contribution >= 0.6 is 0 Å². The van der Waals surface area contributed by atoms with E-state index in [2.05, 4.69) is 28.6 Å². The molecule has 1 aromatic rings. The number of sulfonamides is 1. The van der Waals surface area contributed by atoms with Crippen LogP contribution in [0.1, 0.15) is 32.3 Å². The van der Waals surface area contributed by atoms with Crippen LogP contribution in [0.4, 0.5) is 0 Å². The third-order valence-electron chi connectivity index (χ3n) is 3.79. The quantitative estimate of drug-likeness (QED) is 0.784. The van der Waals surface area contributed by atoms with Crippen molar-refractivity contribution in [2.45, 2.75) is 38.5 Å². The van der Waals surface area contributed by atoms with Gasteiger partial charge in [-0.1, -0.05) is 31.5 Å². The van der Waals surface area contributed by atoms with Gasteiger partial charge in [-0.25, -0.2) is 0 Å². The smallest absolute Gasteiger partial charge is 0.292 e. The Morgan fingerprint density at radius 2 is 1.74 bits per heavy atom. The zero-order valence-corrected chi connectivity index (χ0v) is 16.0. The highest BCUT2D eigenvalue weighted by Gasteiger charge is 2.26.